The van der Waals surface area contributed by atoms with Crippen LogP contribution in [0.25, 0.3) is 0 Å². The van der Waals surface area contributed by atoms with E-state index in [1.54, 1.807) is 12.1 Å². The second-order valence-corrected chi connectivity index (χ2v) is 3.29. The van der Waals surface area contributed by atoms with Crippen LogP contribution in [0.4, 0.5) is 14.9 Å². The smallest absolute Gasteiger partial charge is 0.319 e. The van der Waals surface area contributed by atoms with E-state index in [2.05, 4.69) is 16.0 Å². The van der Waals surface area contributed by atoms with Gasteiger partial charge >= 0.3 is 6.03 Å². The maximum Gasteiger partial charge on any atom is 0.319 e. The molecule has 0 aliphatic carbocycles. The van der Waals surface area contributed by atoms with Crippen molar-refractivity contribution in [2.45, 2.75) is 6.42 Å². The standard InChI is InChI=1S/C11H14FN3O2/c12-9-4-1-2-5-10(9)15-11(17)14-7-3-6-13-8-16/h1-2,4-5,8H,3,6-7H2,(H,13,16)(H2,14,15,17). The summed E-state index contributed by atoms with van der Waals surface area (Å²) in [4.78, 5) is 21.2. The summed E-state index contributed by atoms with van der Waals surface area (Å²) in [6, 6.07) is 5.45. The molecule has 0 heterocycles. The first-order chi connectivity index (χ1) is 8.24. The largest absolute Gasteiger partial charge is 0.359 e. The van der Waals surface area contributed by atoms with Gasteiger partial charge in [0.15, 0.2) is 0 Å². The lowest BCUT2D eigenvalue weighted by atomic mass is 10.3. The molecule has 92 valence electrons. The average Bonchev–Trinajstić information content (AvgIpc) is 2.32. The van der Waals surface area contributed by atoms with E-state index in [1.165, 1.54) is 12.1 Å². The van der Waals surface area contributed by atoms with Crippen LogP contribution in [0.2, 0.25) is 0 Å². The maximum absolute atomic E-state index is 13.1. The van der Waals surface area contributed by atoms with Crippen LogP contribution in [-0.2, 0) is 4.79 Å². The van der Waals surface area contributed by atoms with Crippen LogP contribution in [0.3, 0.4) is 0 Å². The SMILES string of the molecule is O=CNCCCNC(=O)Nc1ccccc1F. The molecule has 3 amide bonds. The topological polar surface area (TPSA) is 70.2 Å². The lowest BCUT2D eigenvalue weighted by Gasteiger charge is -2.07. The molecule has 0 saturated carbocycles. The molecule has 1 aromatic rings. The van der Waals surface area contributed by atoms with Gasteiger partial charge in [0.05, 0.1) is 5.69 Å². The van der Waals surface area contributed by atoms with Crippen molar-refractivity contribution in [3.63, 3.8) is 0 Å². The lowest BCUT2D eigenvalue weighted by Crippen LogP contribution is -2.31. The molecule has 0 atom stereocenters. The fourth-order valence-electron chi connectivity index (χ4n) is 1.18. The van der Waals surface area contributed by atoms with Crippen LogP contribution in [-0.4, -0.2) is 25.5 Å². The predicted molar refractivity (Wildman–Crippen MR) is 62.1 cm³/mol. The molecule has 0 radical (unpaired) electrons. The highest BCUT2D eigenvalue weighted by Crippen LogP contribution is 2.11. The number of carbonyl (C=O) groups is 2. The molecule has 0 spiro atoms. The van der Waals surface area contributed by atoms with Crippen LogP contribution in [0, 0.1) is 5.82 Å². The number of urea groups is 1. The van der Waals surface area contributed by atoms with E-state index < -0.39 is 11.8 Å². The summed E-state index contributed by atoms with van der Waals surface area (Å²) >= 11 is 0. The van der Waals surface area contributed by atoms with E-state index in [0.29, 0.717) is 25.9 Å². The third-order valence-corrected chi connectivity index (χ3v) is 1.99. The third kappa shape index (κ3) is 4.96. The molecule has 0 aliphatic heterocycles. The highest BCUT2D eigenvalue weighted by molar-refractivity contribution is 5.89. The van der Waals surface area contributed by atoms with Gasteiger partial charge in [-0.3, -0.25) is 4.79 Å². The fourth-order valence-corrected chi connectivity index (χ4v) is 1.18. The van der Waals surface area contributed by atoms with Crippen molar-refractivity contribution in [3.05, 3.63) is 30.1 Å². The van der Waals surface area contributed by atoms with Crippen molar-refractivity contribution < 1.29 is 14.0 Å². The number of hydrogen-bond donors (Lipinski definition) is 3. The molecule has 0 bridgehead atoms. The van der Waals surface area contributed by atoms with E-state index in [-0.39, 0.29) is 5.69 Å². The number of para-hydroxylation sites is 1. The zero-order valence-corrected chi connectivity index (χ0v) is 9.20. The lowest BCUT2D eigenvalue weighted by molar-refractivity contribution is -0.109. The van der Waals surface area contributed by atoms with Crippen molar-refractivity contribution in [1.82, 2.24) is 10.6 Å². The van der Waals surface area contributed by atoms with Gasteiger partial charge in [-0.1, -0.05) is 12.1 Å². The molecule has 0 fully saturated rings. The van der Waals surface area contributed by atoms with E-state index in [0.717, 1.165) is 0 Å². The normalized spacial score (nSPS) is 9.47. The van der Waals surface area contributed by atoms with Crippen molar-refractivity contribution in [2.75, 3.05) is 18.4 Å². The molecule has 3 N–H and O–H groups in total. The Kier molecular flexibility index (Phi) is 5.50. The van der Waals surface area contributed by atoms with Gasteiger partial charge in [-0.2, -0.15) is 0 Å². The average molecular weight is 239 g/mol. The monoisotopic (exact) mass is 239 g/mol. The molecule has 1 rings (SSSR count). The summed E-state index contributed by atoms with van der Waals surface area (Å²) in [6.07, 6.45) is 1.21. The molecule has 0 unspecified atom stereocenters. The number of halogens is 1. The first-order valence-corrected chi connectivity index (χ1v) is 5.20. The summed E-state index contributed by atoms with van der Waals surface area (Å²) in [7, 11) is 0. The molecule has 1 aromatic carbocycles. The van der Waals surface area contributed by atoms with Crippen LogP contribution in [0.15, 0.2) is 24.3 Å². The molecule has 6 heteroatoms. The molecular weight excluding hydrogens is 225 g/mol. The minimum atomic E-state index is -0.481. The van der Waals surface area contributed by atoms with E-state index >= 15 is 0 Å². The summed E-state index contributed by atoms with van der Waals surface area (Å²) in [5.41, 5.74) is 0.135. The van der Waals surface area contributed by atoms with Crippen molar-refractivity contribution in [3.8, 4) is 0 Å². The Morgan fingerprint density at radius 3 is 2.76 bits per heavy atom. The first kappa shape index (κ1) is 13.0. The van der Waals surface area contributed by atoms with Gasteiger partial charge < -0.3 is 16.0 Å². The summed E-state index contributed by atoms with van der Waals surface area (Å²) in [5, 5.41) is 7.40. The highest BCUT2D eigenvalue weighted by atomic mass is 19.1. The summed E-state index contributed by atoms with van der Waals surface area (Å²) in [6.45, 7) is 0.893. The Hall–Kier alpha value is -2.11. The number of hydrogen-bond acceptors (Lipinski definition) is 2. The van der Waals surface area contributed by atoms with Crippen LogP contribution in [0.5, 0.6) is 0 Å². The molecule has 0 aliphatic rings. The summed E-state index contributed by atoms with van der Waals surface area (Å²) < 4.78 is 13.1. The Balaban J connectivity index is 2.25. The zero-order chi connectivity index (χ0) is 12.5. The molecular formula is C11H14FN3O2. The van der Waals surface area contributed by atoms with E-state index in [4.69, 9.17) is 0 Å². The maximum atomic E-state index is 13.1. The number of benzene rings is 1. The second-order valence-electron chi connectivity index (χ2n) is 3.29. The van der Waals surface area contributed by atoms with Gasteiger partial charge in [0.25, 0.3) is 0 Å². The fraction of sp³-hybridized carbons (Fsp3) is 0.273. The highest BCUT2D eigenvalue weighted by Gasteiger charge is 2.04. The van der Waals surface area contributed by atoms with E-state index in [1.807, 2.05) is 0 Å². The number of nitrogens with one attached hydrogen (secondary N) is 3. The quantitative estimate of drug-likeness (QED) is 0.513. The number of amides is 3. The van der Waals surface area contributed by atoms with Crippen molar-refractivity contribution >= 4 is 18.1 Å². The Morgan fingerprint density at radius 1 is 1.29 bits per heavy atom. The van der Waals surface area contributed by atoms with E-state index in [9.17, 15) is 14.0 Å². The molecule has 0 saturated heterocycles. The van der Waals surface area contributed by atoms with Gasteiger partial charge in [0.2, 0.25) is 6.41 Å². The van der Waals surface area contributed by atoms with Crippen molar-refractivity contribution in [1.29, 1.82) is 0 Å². The Bertz CT molecular complexity index is 385. The molecule has 0 aromatic heterocycles. The molecule has 17 heavy (non-hydrogen) atoms. The summed E-state index contributed by atoms with van der Waals surface area (Å²) in [5.74, 6) is -0.481. The van der Waals surface area contributed by atoms with Crippen LogP contribution in [0.1, 0.15) is 6.42 Å². The van der Waals surface area contributed by atoms with Gasteiger partial charge in [-0.05, 0) is 18.6 Å². The van der Waals surface area contributed by atoms with Gasteiger partial charge in [-0.15, -0.1) is 0 Å². The second kappa shape index (κ2) is 7.21. The minimum Gasteiger partial charge on any atom is -0.359 e. The Labute approximate surface area is 98.4 Å². The Morgan fingerprint density at radius 2 is 2.06 bits per heavy atom. The minimum absolute atomic E-state index is 0.135. The van der Waals surface area contributed by atoms with Crippen LogP contribution < -0.4 is 16.0 Å². The number of rotatable bonds is 6. The van der Waals surface area contributed by atoms with Gasteiger partial charge in [0, 0.05) is 13.1 Å². The molecule has 5 nitrogen and oxygen atoms in total. The van der Waals surface area contributed by atoms with Crippen LogP contribution >= 0.6 is 0 Å². The third-order valence-electron chi connectivity index (χ3n) is 1.99. The van der Waals surface area contributed by atoms with Gasteiger partial charge in [0.1, 0.15) is 5.82 Å². The van der Waals surface area contributed by atoms with Crippen molar-refractivity contribution in [2.24, 2.45) is 0 Å². The van der Waals surface area contributed by atoms with Gasteiger partial charge in [-0.25, -0.2) is 9.18 Å². The number of carbonyl (C=O) groups excluding carboxylic acids is 2. The predicted octanol–water partition coefficient (Wildman–Crippen LogP) is 1.08. The first-order valence-electron chi connectivity index (χ1n) is 5.20. The number of anilines is 1. The zero-order valence-electron chi connectivity index (χ0n) is 9.20.